The summed E-state index contributed by atoms with van der Waals surface area (Å²) in [7, 11) is 0. The average molecular weight is 465 g/mol. The van der Waals surface area contributed by atoms with Crippen molar-refractivity contribution >= 4 is 39.1 Å². The summed E-state index contributed by atoms with van der Waals surface area (Å²) in [6, 6.07) is 12.8. The highest BCUT2D eigenvalue weighted by atomic mass is 35.5. The molecule has 0 fully saturated rings. The fourth-order valence-electron chi connectivity index (χ4n) is 3.25. The first-order valence-corrected chi connectivity index (χ1v) is 10.5. The molecule has 4 aromatic rings. The summed E-state index contributed by atoms with van der Waals surface area (Å²) >= 11 is 7.46. The zero-order valence-electron chi connectivity index (χ0n) is 16.2. The lowest BCUT2D eigenvalue weighted by Crippen LogP contribution is -2.28. The number of hydrogen-bond donors (Lipinski definition) is 1. The number of thiazole rings is 1. The van der Waals surface area contributed by atoms with E-state index in [9.17, 15) is 18.0 Å². The van der Waals surface area contributed by atoms with Gasteiger partial charge in [-0.15, -0.1) is 11.3 Å². The molecule has 2 heterocycles. The van der Waals surface area contributed by atoms with Gasteiger partial charge in [-0.1, -0.05) is 29.8 Å². The van der Waals surface area contributed by atoms with Crippen LogP contribution >= 0.6 is 22.9 Å². The van der Waals surface area contributed by atoms with Gasteiger partial charge in [0.2, 0.25) is 5.91 Å². The average Bonchev–Trinajstić information content (AvgIpc) is 3.38. The van der Waals surface area contributed by atoms with Gasteiger partial charge in [-0.05, 0) is 42.8 Å². The van der Waals surface area contributed by atoms with Crippen LogP contribution in [0, 0.1) is 0 Å². The maximum atomic E-state index is 13.2. The molecule has 1 N–H and O–H groups in total. The van der Waals surface area contributed by atoms with E-state index in [1.54, 1.807) is 30.6 Å². The Hall–Kier alpha value is -2.91. The monoisotopic (exact) mass is 464 g/mol. The molecule has 1 unspecified atom stereocenters. The summed E-state index contributed by atoms with van der Waals surface area (Å²) in [5, 5.41) is 6.76. The Morgan fingerprint density at radius 3 is 2.74 bits per heavy atom. The molecule has 4 rings (SSSR count). The van der Waals surface area contributed by atoms with E-state index in [4.69, 9.17) is 11.6 Å². The predicted molar refractivity (Wildman–Crippen MR) is 113 cm³/mol. The van der Waals surface area contributed by atoms with E-state index in [1.807, 2.05) is 18.2 Å². The SMILES string of the molecule is CC(C(=O)NCc1cc(C(F)(F)F)nn1-c1cccc(Cl)c1)c1cccc2scnc12. The number of carbonyl (C=O) groups excluding carboxylic acids is 1. The van der Waals surface area contributed by atoms with Crippen molar-refractivity contribution in [2.24, 2.45) is 0 Å². The van der Waals surface area contributed by atoms with E-state index >= 15 is 0 Å². The second-order valence-corrected chi connectivity index (χ2v) is 8.22. The summed E-state index contributed by atoms with van der Waals surface area (Å²) in [5.41, 5.74) is 2.72. The second kappa shape index (κ2) is 8.32. The number of amides is 1. The summed E-state index contributed by atoms with van der Waals surface area (Å²) in [6.07, 6.45) is -4.61. The molecule has 0 aliphatic rings. The molecule has 160 valence electrons. The highest BCUT2D eigenvalue weighted by Crippen LogP contribution is 2.30. The maximum absolute atomic E-state index is 13.2. The lowest BCUT2D eigenvalue weighted by Gasteiger charge is -2.14. The van der Waals surface area contributed by atoms with E-state index in [0.717, 1.165) is 26.5 Å². The number of nitrogens with one attached hydrogen (secondary N) is 1. The van der Waals surface area contributed by atoms with Gasteiger partial charge in [-0.3, -0.25) is 4.79 Å². The number of para-hydroxylation sites is 1. The largest absolute Gasteiger partial charge is 0.435 e. The molecule has 0 radical (unpaired) electrons. The molecule has 0 bridgehead atoms. The van der Waals surface area contributed by atoms with Crippen molar-refractivity contribution < 1.29 is 18.0 Å². The van der Waals surface area contributed by atoms with Gasteiger partial charge in [0, 0.05) is 5.02 Å². The highest BCUT2D eigenvalue weighted by molar-refractivity contribution is 7.16. The molecule has 1 atom stereocenters. The second-order valence-electron chi connectivity index (χ2n) is 6.90. The van der Waals surface area contributed by atoms with Gasteiger partial charge < -0.3 is 5.32 Å². The molecule has 31 heavy (non-hydrogen) atoms. The molecule has 0 saturated heterocycles. The molecule has 2 aromatic carbocycles. The van der Waals surface area contributed by atoms with E-state index < -0.39 is 17.8 Å². The van der Waals surface area contributed by atoms with Crippen LogP contribution in [0.5, 0.6) is 0 Å². The van der Waals surface area contributed by atoms with Crippen LogP contribution in [0.3, 0.4) is 0 Å². The topological polar surface area (TPSA) is 59.8 Å². The van der Waals surface area contributed by atoms with Gasteiger partial charge in [0.25, 0.3) is 0 Å². The number of benzene rings is 2. The number of hydrogen-bond acceptors (Lipinski definition) is 4. The Kier molecular flexibility index (Phi) is 5.72. The third-order valence-electron chi connectivity index (χ3n) is 4.82. The molecule has 10 heteroatoms. The zero-order valence-corrected chi connectivity index (χ0v) is 17.7. The summed E-state index contributed by atoms with van der Waals surface area (Å²) in [6.45, 7) is 1.60. The quantitative estimate of drug-likeness (QED) is 0.420. The van der Waals surface area contributed by atoms with E-state index in [1.165, 1.54) is 17.4 Å². The number of fused-ring (bicyclic) bond motifs is 1. The standard InChI is InChI=1S/C21H16ClF3N4OS/c1-12(16-6-3-7-17-19(16)27-11-31-17)20(30)26-10-15-9-18(21(23,24)25)28-29(15)14-5-2-4-13(22)8-14/h2-9,11-12H,10H2,1H3,(H,26,30). The number of rotatable bonds is 5. The third-order valence-corrected chi connectivity index (χ3v) is 5.85. The van der Waals surface area contributed by atoms with Crippen LogP contribution < -0.4 is 5.32 Å². The third kappa shape index (κ3) is 4.42. The lowest BCUT2D eigenvalue weighted by atomic mass is 9.99. The van der Waals surface area contributed by atoms with Gasteiger partial charge in [-0.25, -0.2) is 9.67 Å². The smallest absolute Gasteiger partial charge is 0.350 e. The predicted octanol–water partition coefficient (Wildman–Crippen LogP) is 5.57. The number of aromatic nitrogens is 3. The van der Waals surface area contributed by atoms with Gasteiger partial charge in [-0.2, -0.15) is 18.3 Å². The molecule has 0 spiro atoms. The first-order chi connectivity index (χ1) is 14.7. The molecule has 0 saturated carbocycles. The Bertz CT molecular complexity index is 1250. The van der Waals surface area contributed by atoms with Crippen molar-refractivity contribution in [3.63, 3.8) is 0 Å². The van der Waals surface area contributed by atoms with Crippen LogP contribution in [0.15, 0.2) is 54.0 Å². The summed E-state index contributed by atoms with van der Waals surface area (Å²) < 4.78 is 41.8. The Morgan fingerprint density at radius 1 is 1.23 bits per heavy atom. The molecule has 0 aliphatic heterocycles. The Labute approximate surface area is 184 Å². The summed E-state index contributed by atoms with van der Waals surface area (Å²) in [4.78, 5) is 17.1. The molecular weight excluding hydrogens is 449 g/mol. The van der Waals surface area contributed by atoms with Crippen LogP contribution in [0.25, 0.3) is 15.9 Å². The van der Waals surface area contributed by atoms with Gasteiger partial charge in [0.1, 0.15) is 0 Å². The Balaban J connectivity index is 1.59. The van der Waals surface area contributed by atoms with Crippen LogP contribution in [0.2, 0.25) is 5.02 Å². The van der Waals surface area contributed by atoms with Gasteiger partial charge >= 0.3 is 6.18 Å². The minimum atomic E-state index is -4.61. The van der Waals surface area contributed by atoms with Crippen LogP contribution in [-0.4, -0.2) is 20.7 Å². The first-order valence-electron chi connectivity index (χ1n) is 9.26. The fourth-order valence-corrected chi connectivity index (χ4v) is 4.14. The van der Waals surface area contributed by atoms with Crippen molar-refractivity contribution in [1.29, 1.82) is 0 Å². The molecule has 5 nitrogen and oxygen atoms in total. The van der Waals surface area contributed by atoms with Crippen molar-refractivity contribution in [3.8, 4) is 5.69 Å². The van der Waals surface area contributed by atoms with Crippen molar-refractivity contribution in [2.45, 2.75) is 25.6 Å². The molecule has 2 aromatic heterocycles. The zero-order chi connectivity index (χ0) is 22.2. The van der Waals surface area contributed by atoms with Gasteiger partial charge in [0.15, 0.2) is 5.69 Å². The van der Waals surface area contributed by atoms with E-state index in [2.05, 4.69) is 15.4 Å². The molecule has 1 amide bonds. The first kappa shape index (κ1) is 21.3. The highest BCUT2D eigenvalue weighted by Gasteiger charge is 2.35. The van der Waals surface area contributed by atoms with Gasteiger partial charge in [0.05, 0.1) is 39.6 Å². The van der Waals surface area contributed by atoms with E-state index in [0.29, 0.717) is 10.7 Å². The van der Waals surface area contributed by atoms with Crippen molar-refractivity contribution in [1.82, 2.24) is 20.1 Å². The Morgan fingerprint density at radius 2 is 2.00 bits per heavy atom. The molecular formula is C21H16ClF3N4OS. The van der Waals surface area contributed by atoms with E-state index in [-0.39, 0.29) is 18.1 Å². The number of halogens is 4. The maximum Gasteiger partial charge on any atom is 0.435 e. The van der Waals surface area contributed by atoms with Crippen molar-refractivity contribution in [3.05, 3.63) is 76.0 Å². The van der Waals surface area contributed by atoms with Crippen molar-refractivity contribution in [2.75, 3.05) is 0 Å². The number of nitrogens with zero attached hydrogens (tertiary/aromatic N) is 3. The number of carbonyl (C=O) groups is 1. The summed E-state index contributed by atoms with van der Waals surface area (Å²) in [5.74, 6) is -0.858. The molecule has 0 aliphatic carbocycles. The van der Waals surface area contributed by atoms with Crippen LogP contribution in [0.1, 0.15) is 29.8 Å². The lowest BCUT2D eigenvalue weighted by molar-refractivity contribution is -0.141. The minimum Gasteiger partial charge on any atom is -0.350 e. The van der Waals surface area contributed by atoms with Crippen LogP contribution in [0.4, 0.5) is 13.2 Å². The minimum absolute atomic E-state index is 0.133. The van der Waals surface area contributed by atoms with Crippen LogP contribution in [-0.2, 0) is 17.5 Å². The fraction of sp³-hybridized carbons (Fsp3) is 0.190. The normalized spacial score (nSPS) is 12.8. The number of alkyl halides is 3.